The molecular weight excluding hydrogens is 288 g/mol. The van der Waals surface area contributed by atoms with Gasteiger partial charge < -0.3 is 10.6 Å². The summed E-state index contributed by atoms with van der Waals surface area (Å²) in [4.78, 5) is 7.06. The van der Waals surface area contributed by atoms with Gasteiger partial charge in [-0.15, -0.1) is 11.3 Å². The zero-order valence-electron chi connectivity index (χ0n) is 12.1. The molecule has 3 rings (SSSR count). The average Bonchev–Trinajstić information content (AvgIpc) is 2.98. The summed E-state index contributed by atoms with van der Waals surface area (Å²) in [5.74, 6) is 1.33. The van der Waals surface area contributed by atoms with E-state index in [1.54, 1.807) is 11.3 Å². The summed E-state index contributed by atoms with van der Waals surface area (Å²) in [6.45, 7) is 7.71. The molecule has 3 heterocycles. The van der Waals surface area contributed by atoms with Crippen LogP contribution in [0.25, 0.3) is 11.3 Å². The van der Waals surface area contributed by atoms with E-state index in [0.717, 1.165) is 28.7 Å². The molecule has 0 saturated carbocycles. The van der Waals surface area contributed by atoms with Gasteiger partial charge in [-0.2, -0.15) is 4.37 Å². The highest BCUT2D eigenvalue weighted by Crippen LogP contribution is 2.42. The van der Waals surface area contributed by atoms with E-state index in [1.807, 2.05) is 6.92 Å². The summed E-state index contributed by atoms with van der Waals surface area (Å²) in [6.07, 6.45) is 2.53. The Morgan fingerprint density at radius 3 is 2.85 bits per heavy atom. The van der Waals surface area contributed by atoms with Crippen LogP contribution in [-0.4, -0.2) is 21.9 Å². The minimum atomic E-state index is 0.546. The molecule has 0 aromatic carbocycles. The first-order valence-corrected chi connectivity index (χ1v) is 8.66. The highest BCUT2D eigenvalue weighted by molar-refractivity contribution is 7.11. The summed E-state index contributed by atoms with van der Waals surface area (Å²) in [5, 5.41) is 4.33. The lowest BCUT2D eigenvalue weighted by Crippen LogP contribution is -2.40. The third kappa shape index (κ3) is 2.42. The average molecular weight is 308 g/mol. The molecule has 20 heavy (non-hydrogen) atoms. The van der Waals surface area contributed by atoms with E-state index in [9.17, 15) is 0 Å². The maximum Gasteiger partial charge on any atom is 0.148 e. The van der Waals surface area contributed by atoms with E-state index in [1.165, 1.54) is 29.4 Å². The van der Waals surface area contributed by atoms with Crippen molar-refractivity contribution in [3.05, 3.63) is 10.4 Å². The number of anilines is 2. The van der Waals surface area contributed by atoms with Crippen molar-refractivity contribution in [2.24, 2.45) is 5.92 Å². The van der Waals surface area contributed by atoms with Gasteiger partial charge >= 0.3 is 0 Å². The number of aromatic nitrogens is 2. The van der Waals surface area contributed by atoms with E-state index in [2.05, 4.69) is 33.5 Å². The van der Waals surface area contributed by atoms with Gasteiger partial charge in [-0.05, 0) is 44.1 Å². The fourth-order valence-corrected chi connectivity index (χ4v) is 4.32. The Morgan fingerprint density at radius 1 is 1.35 bits per heavy atom. The zero-order valence-corrected chi connectivity index (χ0v) is 13.7. The van der Waals surface area contributed by atoms with Gasteiger partial charge in [0.05, 0.1) is 16.3 Å². The molecule has 6 heteroatoms. The Balaban J connectivity index is 2.02. The molecule has 1 fully saturated rings. The fraction of sp³-hybridized carbons (Fsp3) is 0.571. The number of nitrogen functional groups attached to an aromatic ring is 1. The van der Waals surface area contributed by atoms with Crippen molar-refractivity contribution in [2.45, 2.75) is 39.7 Å². The molecule has 0 aliphatic carbocycles. The molecule has 4 nitrogen and oxygen atoms in total. The van der Waals surface area contributed by atoms with Crippen molar-refractivity contribution in [1.82, 2.24) is 9.36 Å². The lowest BCUT2D eigenvalue weighted by molar-refractivity contribution is 0.392. The maximum atomic E-state index is 6.11. The van der Waals surface area contributed by atoms with E-state index >= 15 is 0 Å². The highest BCUT2D eigenvalue weighted by atomic mass is 32.1. The smallest absolute Gasteiger partial charge is 0.148 e. The quantitative estimate of drug-likeness (QED) is 0.917. The van der Waals surface area contributed by atoms with E-state index in [0.29, 0.717) is 11.9 Å². The summed E-state index contributed by atoms with van der Waals surface area (Å²) in [5.41, 5.74) is 8.11. The normalized spacial score (nSPS) is 23.2. The Hall–Kier alpha value is -1.14. The Bertz CT molecular complexity index is 604. The second-order valence-electron chi connectivity index (χ2n) is 5.68. The van der Waals surface area contributed by atoms with Gasteiger partial charge in [0.15, 0.2) is 0 Å². The first-order valence-electron chi connectivity index (χ1n) is 7.00. The van der Waals surface area contributed by atoms with Crippen LogP contribution in [0.15, 0.2) is 5.38 Å². The van der Waals surface area contributed by atoms with Crippen LogP contribution < -0.4 is 10.6 Å². The summed E-state index contributed by atoms with van der Waals surface area (Å²) < 4.78 is 4.38. The molecule has 1 aliphatic rings. The second kappa shape index (κ2) is 5.33. The van der Waals surface area contributed by atoms with Crippen LogP contribution >= 0.6 is 22.9 Å². The topological polar surface area (TPSA) is 55.0 Å². The first kappa shape index (κ1) is 13.8. The molecule has 2 aromatic heterocycles. The van der Waals surface area contributed by atoms with Crippen molar-refractivity contribution < 1.29 is 0 Å². The molecule has 2 unspecified atom stereocenters. The minimum Gasteiger partial charge on any atom is -0.382 e. The van der Waals surface area contributed by atoms with Crippen LogP contribution in [0, 0.1) is 12.8 Å². The monoisotopic (exact) mass is 308 g/mol. The largest absolute Gasteiger partial charge is 0.382 e. The van der Waals surface area contributed by atoms with Gasteiger partial charge in [-0.3, -0.25) is 0 Å². The number of nitrogens with two attached hydrogens (primary N) is 1. The van der Waals surface area contributed by atoms with E-state index in [-0.39, 0.29) is 0 Å². The molecule has 0 spiro atoms. The van der Waals surface area contributed by atoms with Crippen molar-refractivity contribution in [1.29, 1.82) is 0 Å². The van der Waals surface area contributed by atoms with Crippen molar-refractivity contribution in [3.8, 4) is 11.3 Å². The van der Waals surface area contributed by atoms with Crippen LogP contribution in [0.4, 0.5) is 10.8 Å². The van der Waals surface area contributed by atoms with Crippen LogP contribution in [0.3, 0.4) is 0 Å². The zero-order chi connectivity index (χ0) is 14.3. The summed E-state index contributed by atoms with van der Waals surface area (Å²) in [7, 11) is 0. The number of hydrogen-bond acceptors (Lipinski definition) is 6. The standard InChI is InChI=1S/C14H20N4S2/c1-8-4-5-9(2)18(6-8)14-12(13(15)17-20-14)11-7-19-10(3)16-11/h7-9H,4-6H2,1-3H3,(H2,15,17). The third-order valence-corrected chi connectivity index (χ3v) is 5.63. The van der Waals surface area contributed by atoms with Crippen molar-refractivity contribution in [2.75, 3.05) is 17.2 Å². The summed E-state index contributed by atoms with van der Waals surface area (Å²) >= 11 is 3.17. The fourth-order valence-electron chi connectivity index (χ4n) is 2.78. The Morgan fingerprint density at radius 2 is 2.15 bits per heavy atom. The van der Waals surface area contributed by atoms with E-state index in [4.69, 9.17) is 5.73 Å². The second-order valence-corrected chi connectivity index (χ2v) is 7.50. The van der Waals surface area contributed by atoms with E-state index < -0.39 is 0 Å². The minimum absolute atomic E-state index is 0.546. The van der Waals surface area contributed by atoms with Crippen molar-refractivity contribution in [3.63, 3.8) is 0 Å². The number of hydrogen-bond donors (Lipinski definition) is 1. The van der Waals surface area contributed by atoms with Gasteiger partial charge in [0.25, 0.3) is 0 Å². The van der Waals surface area contributed by atoms with Gasteiger partial charge in [0.2, 0.25) is 0 Å². The first-order chi connectivity index (χ1) is 9.56. The number of piperidine rings is 1. The number of aryl methyl sites for hydroxylation is 1. The highest BCUT2D eigenvalue weighted by Gasteiger charge is 2.28. The van der Waals surface area contributed by atoms with Gasteiger partial charge in [0, 0.05) is 18.0 Å². The van der Waals surface area contributed by atoms with Gasteiger partial charge in [-0.25, -0.2) is 4.98 Å². The molecule has 108 valence electrons. The number of nitrogens with zero attached hydrogens (tertiary/aromatic N) is 3. The van der Waals surface area contributed by atoms with Crippen LogP contribution in [0.2, 0.25) is 0 Å². The predicted octanol–water partition coefficient (Wildman–Crippen LogP) is 3.78. The van der Waals surface area contributed by atoms with Gasteiger partial charge in [0.1, 0.15) is 10.8 Å². The number of thiazole rings is 1. The molecule has 2 N–H and O–H groups in total. The third-order valence-electron chi connectivity index (χ3n) is 3.95. The van der Waals surface area contributed by atoms with Crippen molar-refractivity contribution >= 4 is 33.7 Å². The van der Waals surface area contributed by atoms with Crippen LogP contribution in [-0.2, 0) is 0 Å². The predicted molar refractivity (Wildman–Crippen MR) is 87.6 cm³/mol. The molecular formula is C14H20N4S2. The number of rotatable bonds is 2. The maximum absolute atomic E-state index is 6.11. The molecule has 0 amide bonds. The molecule has 1 saturated heterocycles. The summed E-state index contributed by atoms with van der Waals surface area (Å²) in [6, 6.07) is 0.546. The van der Waals surface area contributed by atoms with Crippen LogP contribution in [0.1, 0.15) is 31.7 Å². The SMILES string of the molecule is Cc1nc(-c2c(N)nsc2N2CC(C)CCC2C)cs1. The molecule has 0 radical (unpaired) electrons. The Labute approximate surface area is 127 Å². The van der Waals surface area contributed by atoms with Crippen LogP contribution in [0.5, 0.6) is 0 Å². The molecule has 1 aliphatic heterocycles. The molecule has 2 atom stereocenters. The molecule has 0 bridgehead atoms. The lowest BCUT2D eigenvalue weighted by atomic mass is 9.95. The molecule has 2 aromatic rings. The van der Waals surface area contributed by atoms with Gasteiger partial charge in [-0.1, -0.05) is 6.92 Å². The lowest BCUT2D eigenvalue weighted by Gasteiger charge is -2.37. The Kier molecular flexibility index (Phi) is 3.69.